The molecule has 2 amide bonds. The van der Waals surface area contributed by atoms with Crippen LogP contribution in [-0.2, 0) is 15.0 Å². The van der Waals surface area contributed by atoms with Gasteiger partial charge < -0.3 is 25.8 Å². The average molecular weight is 615 g/mol. The third-order valence-corrected chi connectivity index (χ3v) is 8.45. The number of fused-ring (bicyclic) bond motifs is 2. The summed E-state index contributed by atoms with van der Waals surface area (Å²) >= 11 is 12.5. The van der Waals surface area contributed by atoms with E-state index in [0.717, 1.165) is 0 Å². The number of hydrogen-bond acceptors (Lipinski definition) is 5. The Morgan fingerprint density at radius 3 is 2.52 bits per heavy atom. The van der Waals surface area contributed by atoms with Crippen molar-refractivity contribution in [1.29, 1.82) is 0 Å². The third-order valence-electron chi connectivity index (χ3n) is 7.93. The summed E-state index contributed by atoms with van der Waals surface area (Å²) in [6.07, 6.45) is 0.460. The molecule has 0 unspecified atom stereocenters. The molecule has 3 aromatic rings. The van der Waals surface area contributed by atoms with Crippen molar-refractivity contribution in [3.05, 3.63) is 87.2 Å². The maximum atomic E-state index is 15.9. The van der Waals surface area contributed by atoms with E-state index in [-0.39, 0.29) is 38.9 Å². The average Bonchev–Trinajstić information content (AvgIpc) is 3.39. The fourth-order valence-electron chi connectivity index (χ4n) is 6.29. The van der Waals surface area contributed by atoms with Gasteiger partial charge in [-0.05, 0) is 59.4 Å². The van der Waals surface area contributed by atoms with E-state index in [2.05, 4.69) is 16.0 Å². The largest absolute Gasteiger partial charge is 0.495 e. The minimum Gasteiger partial charge on any atom is -0.495 e. The van der Waals surface area contributed by atoms with E-state index in [1.165, 1.54) is 31.4 Å². The lowest BCUT2D eigenvalue weighted by Gasteiger charge is -2.37. The van der Waals surface area contributed by atoms with E-state index in [4.69, 9.17) is 27.9 Å². The second-order valence-corrected chi connectivity index (χ2v) is 12.6. The van der Waals surface area contributed by atoms with Crippen LogP contribution in [0.2, 0.25) is 10.0 Å². The van der Waals surface area contributed by atoms with Crippen molar-refractivity contribution >= 4 is 52.4 Å². The summed E-state index contributed by atoms with van der Waals surface area (Å²) in [5, 5.41) is 18.8. The number of nitrogens with one attached hydrogen (secondary N) is 3. The van der Waals surface area contributed by atoms with Gasteiger partial charge in [0.25, 0.3) is 0 Å². The Labute approximate surface area is 252 Å². The van der Waals surface area contributed by atoms with Gasteiger partial charge in [0.2, 0.25) is 11.8 Å². The monoisotopic (exact) mass is 613 g/mol. The van der Waals surface area contributed by atoms with Crippen molar-refractivity contribution in [3.63, 3.8) is 0 Å². The highest BCUT2D eigenvalue weighted by atomic mass is 35.5. The van der Waals surface area contributed by atoms with Crippen molar-refractivity contribution in [2.45, 2.75) is 50.6 Å². The van der Waals surface area contributed by atoms with Gasteiger partial charge in [0.15, 0.2) is 0 Å². The van der Waals surface area contributed by atoms with Crippen LogP contribution in [0.3, 0.4) is 0 Å². The van der Waals surface area contributed by atoms with Gasteiger partial charge in [-0.1, -0.05) is 62.2 Å². The van der Waals surface area contributed by atoms with E-state index in [1.54, 1.807) is 30.3 Å². The molecule has 2 heterocycles. The third kappa shape index (κ3) is 4.99. The molecule has 0 saturated carbocycles. The lowest BCUT2D eigenvalue weighted by atomic mass is 9.62. The fraction of sp³-hybridized carbons (Fsp3) is 0.323. The number of amides is 2. The smallest absolute Gasteiger partial charge is 0.335 e. The lowest BCUT2D eigenvalue weighted by molar-refractivity contribution is -0.122. The standard InChI is InChI=1S/C31H30Cl2FN3O5/c1-30(2,3)14-23-31(18-10-9-16(32)13-21(18)36-29(31)41)24(17-6-5-7-19(33)25(17)34)26(37-23)27(38)35-20-11-8-15(28(39)40)12-22(20)42-4/h5-13,23-24,26,37H,14H2,1-4H3,(H,35,38)(H,36,41)(H,39,40)/t23-,24-,26+,31+/m0/s1. The van der Waals surface area contributed by atoms with Crippen molar-refractivity contribution in [1.82, 2.24) is 5.32 Å². The lowest BCUT2D eigenvalue weighted by Crippen LogP contribution is -2.49. The summed E-state index contributed by atoms with van der Waals surface area (Å²) in [4.78, 5) is 39.8. The highest BCUT2D eigenvalue weighted by molar-refractivity contribution is 6.31. The second-order valence-electron chi connectivity index (χ2n) is 11.8. The molecule has 0 radical (unpaired) electrons. The molecule has 0 bridgehead atoms. The van der Waals surface area contributed by atoms with Gasteiger partial charge in [-0.25, -0.2) is 9.18 Å². The Morgan fingerprint density at radius 1 is 1.12 bits per heavy atom. The van der Waals surface area contributed by atoms with Crippen LogP contribution in [0.15, 0.2) is 54.6 Å². The van der Waals surface area contributed by atoms with E-state index in [1.807, 2.05) is 20.8 Å². The van der Waals surface area contributed by atoms with Crippen LogP contribution >= 0.6 is 23.2 Å². The molecule has 4 N–H and O–H groups in total. The summed E-state index contributed by atoms with van der Waals surface area (Å²) in [7, 11) is 1.36. The Balaban J connectivity index is 1.70. The Kier molecular flexibility index (Phi) is 7.72. The van der Waals surface area contributed by atoms with E-state index in [0.29, 0.717) is 22.7 Å². The molecule has 42 heavy (non-hydrogen) atoms. The quantitative estimate of drug-likeness (QED) is 0.262. The highest BCUT2D eigenvalue weighted by Gasteiger charge is 2.66. The van der Waals surface area contributed by atoms with Gasteiger partial charge in [0.1, 0.15) is 17.0 Å². The van der Waals surface area contributed by atoms with Crippen LogP contribution in [0.1, 0.15) is 54.6 Å². The molecule has 5 rings (SSSR count). The van der Waals surface area contributed by atoms with Crippen molar-refractivity contribution in [2.75, 3.05) is 17.7 Å². The molecule has 1 saturated heterocycles. The molecule has 11 heteroatoms. The molecule has 0 aromatic heterocycles. The molecule has 2 aliphatic heterocycles. The maximum absolute atomic E-state index is 15.9. The van der Waals surface area contributed by atoms with Gasteiger partial charge in [-0.2, -0.15) is 0 Å². The number of halogens is 3. The number of carbonyl (C=O) groups excluding carboxylic acids is 2. The van der Waals surface area contributed by atoms with E-state index < -0.39 is 41.1 Å². The van der Waals surface area contributed by atoms with Crippen LogP contribution in [0.5, 0.6) is 5.75 Å². The maximum Gasteiger partial charge on any atom is 0.335 e. The Bertz CT molecular complexity index is 1610. The number of carboxylic acid groups (broad SMARTS) is 1. The molecule has 3 aromatic carbocycles. The zero-order valence-corrected chi connectivity index (χ0v) is 24.9. The van der Waals surface area contributed by atoms with Crippen LogP contribution in [0.4, 0.5) is 15.8 Å². The topological polar surface area (TPSA) is 117 Å². The Morgan fingerprint density at radius 2 is 1.86 bits per heavy atom. The predicted octanol–water partition coefficient (Wildman–Crippen LogP) is 6.23. The first-order valence-corrected chi connectivity index (χ1v) is 14.1. The molecule has 1 spiro atoms. The molecule has 220 valence electrons. The number of carbonyl (C=O) groups is 3. The first-order chi connectivity index (χ1) is 19.8. The van der Waals surface area contributed by atoms with Crippen LogP contribution in [0, 0.1) is 11.2 Å². The summed E-state index contributed by atoms with van der Waals surface area (Å²) in [6.45, 7) is 6.07. The van der Waals surface area contributed by atoms with E-state index >= 15 is 4.39 Å². The molecule has 1 fully saturated rings. The fourth-order valence-corrected chi connectivity index (χ4v) is 6.64. The molecule has 0 aliphatic carbocycles. The number of hydrogen-bond donors (Lipinski definition) is 4. The predicted molar refractivity (Wildman–Crippen MR) is 159 cm³/mol. The summed E-state index contributed by atoms with van der Waals surface area (Å²) in [5.74, 6) is -3.73. The molecular weight excluding hydrogens is 584 g/mol. The van der Waals surface area contributed by atoms with Gasteiger partial charge in [0.05, 0.1) is 29.4 Å². The van der Waals surface area contributed by atoms with Gasteiger partial charge >= 0.3 is 5.97 Å². The van der Waals surface area contributed by atoms with Crippen molar-refractivity contribution < 1.29 is 28.6 Å². The highest BCUT2D eigenvalue weighted by Crippen LogP contribution is 2.57. The first-order valence-electron chi connectivity index (χ1n) is 13.3. The number of rotatable bonds is 6. The van der Waals surface area contributed by atoms with Crippen LogP contribution in [-0.4, -0.2) is 42.1 Å². The normalized spacial score (nSPS) is 23.0. The number of aromatic carboxylic acids is 1. The number of anilines is 2. The van der Waals surface area contributed by atoms with Crippen molar-refractivity contribution in [2.24, 2.45) is 5.41 Å². The second kappa shape index (κ2) is 10.9. The zero-order chi connectivity index (χ0) is 30.6. The number of benzene rings is 3. The molecule has 4 atom stereocenters. The van der Waals surface area contributed by atoms with Gasteiger partial charge in [-0.15, -0.1) is 0 Å². The number of carboxylic acids is 1. The molecule has 2 aliphatic rings. The van der Waals surface area contributed by atoms with Crippen LogP contribution in [0.25, 0.3) is 0 Å². The minimum atomic E-state index is -1.40. The minimum absolute atomic E-state index is 0.0233. The number of methoxy groups -OCH3 is 1. The van der Waals surface area contributed by atoms with Crippen LogP contribution < -0.4 is 20.7 Å². The van der Waals surface area contributed by atoms with Gasteiger partial charge in [-0.3, -0.25) is 9.59 Å². The summed E-state index contributed by atoms with van der Waals surface area (Å²) in [5.41, 5.74) is -0.301. The molecular formula is C31H30Cl2FN3O5. The molecule has 8 nitrogen and oxygen atoms in total. The Hall–Kier alpha value is -3.66. The zero-order valence-electron chi connectivity index (χ0n) is 23.3. The summed E-state index contributed by atoms with van der Waals surface area (Å²) in [6, 6.07) is 11.9. The first kappa shape index (κ1) is 29.8. The van der Waals surface area contributed by atoms with Gasteiger partial charge in [0, 0.05) is 22.7 Å². The van der Waals surface area contributed by atoms with Crippen molar-refractivity contribution in [3.8, 4) is 5.75 Å². The summed E-state index contributed by atoms with van der Waals surface area (Å²) < 4.78 is 21.3. The SMILES string of the molecule is COc1cc(C(=O)O)ccc1NC(=O)[C@@H]1N[C@@H](CC(C)(C)C)[C@@]2(C(=O)Nc3cc(Cl)ccc32)[C@H]1c1cccc(Cl)c1F. The van der Waals surface area contributed by atoms with E-state index in [9.17, 15) is 19.5 Å². The number of ether oxygens (including phenoxy) is 1.